The summed E-state index contributed by atoms with van der Waals surface area (Å²) >= 11 is 12.3. The molecule has 26 heavy (non-hydrogen) atoms. The summed E-state index contributed by atoms with van der Waals surface area (Å²) in [5, 5.41) is 4.05. The lowest BCUT2D eigenvalue weighted by Gasteiger charge is -2.19. The van der Waals surface area contributed by atoms with Crippen molar-refractivity contribution in [3.8, 4) is 0 Å². The Morgan fingerprint density at radius 3 is 1.77 bits per heavy atom. The van der Waals surface area contributed by atoms with Gasteiger partial charge in [0.05, 0.1) is 6.04 Å². The zero-order valence-electron chi connectivity index (χ0n) is 13.9. The highest BCUT2D eigenvalue weighted by atomic mass is 35.5. The quantitative estimate of drug-likeness (QED) is 0.546. The van der Waals surface area contributed by atoms with Crippen molar-refractivity contribution in [3.05, 3.63) is 112 Å². The van der Waals surface area contributed by atoms with Crippen LogP contribution in [0, 0.1) is 0 Å². The van der Waals surface area contributed by atoms with E-state index in [0.717, 1.165) is 11.1 Å². The Labute approximate surface area is 163 Å². The van der Waals surface area contributed by atoms with Crippen LogP contribution in [0.4, 0.5) is 0 Å². The largest absolute Gasteiger partial charge is 0.342 e. The summed E-state index contributed by atoms with van der Waals surface area (Å²) in [7, 11) is 0. The minimum atomic E-state index is -0.240. The lowest BCUT2D eigenvalue weighted by atomic mass is 9.98. The second-order valence-corrected chi connectivity index (χ2v) is 6.55. The van der Waals surface area contributed by atoms with Crippen molar-refractivity contribution < 1.29 is 4.79 Å². The van der Waals surface area contributed by atoms with Gasteiger partial charge in [0.1, 0.15) is 0 Å². The molecule has 0 spiro atoms. The van der Waals surface area contributed by atoms with Crippen molar-refractivity contribution in [2.45, 2.75) is 6.04 Å². The third-order valence-corrected chi connectivity index (χ3v) is 4.61. The number of halogens is 2. The Morgan fingerprint density at radius 2 is 1.27 bits per heavy atom. The lowest BCUT2D eigenvalue weighted by Crippen LogP contribution is -2.27. The molecule has 0 heterocycles. The molecule has 0 saturated carbocycles. The van der Waals surface area contributed by atoms with E-state index in [1.54, 1.807) is 24.3 Å². The van der Waals surface area contributed by atoms with Crippen molar-refractivity contribution >= 4 is 35.2 Å². The number of nitrogens with one attached hydrogen (secondary N) is 1. The Hall–Kier alpha value is -2.55. The average Bonchev–Trinajstić information content (AvgIpc) is 2.67. The van der Waals surface area contributed by atoms with Crippen LogP contribution in [0.5, 0.6) is 0 Å². The molecule has 0 bridgehead atoms. The molecule has 0 aliphatic heterocycles. The predicted octanol–water partition coefficient (Wildman–Crippen LogP) is 5.91. The maximum atomic E-state index is 12.5. The number of carbonyl (C=O) groups is 1. The molecule has 3 aromatic carbocycles. The van der Waals surface area contributed by atoms with Crippen LogP contribution in [0.25, 0.3) is 6.08 Å². The van der Waals surface area contributed by atoms with Crippen LogP contribution in [0.3, 0.4) is 0 Å². The molecular formula is C22H17Cl2NO. The third kappa shape index (κ3) is 4.54. The molecule has 0 atom stereocenters. The maximum Gasteiger partial charge on any atom is 0.244 e. The van der Waals surface area contributed by atoms with E-state index in [-0.39, 0.29) is 11.9 Å². The summed E-state index contributed by atoms with van der Waals surface area (Å²) < 4.78 is 0. The first-order chi connectivity index (χ1) is 12.6. The number of benzene rings is 3. The summed E-state index contributed by atoms with van der Waals surface area (Å²) in [6.45, 7) is 0. The Bertz CT molecular complexity index is 848. The highest BCUT2D eigenvalue weighted by Crippen LogP contribution is 2.26. The Morgan fingerprint density at radius 1 is 0.769 bits per heavy atom. The summed E-state index contributed by atoms with van der Waals surface area (Å²) in [5.74, 6) is -0.223. The van der Waals surface area contributed by atoms with Crippen molar-refractivity contribution in [2.24, 2.45) is 0 Å². The zero-order valence-corrected chi connectivity index (χ0v) is 15.4. The molecule has 3 rings (SSSR count). The van der Waals surface area contributed by atoms with Gasteiger partial charge in [0.2, 0.25) is 5.91 Å². The van der Waals surface area contributed by atoms with Crippen LogP contribution >= 0.6 is 23.2 Å². The van der Waals surface area contributed by atoms with E-state index in [1.165, 1.54) is 6.08 Å². The van der Waals surface area contributed by atoms with Crippen LogP contribution in [-0.4, -0.2) is 5.91 Å². The molecule has 3 aromatic rings. The van der Waals surface area contributed by atoms with Crippen LogP contribution < -0.4 is 5.32 Å². The van der Waals surface area contributed by atoms with E-state index < -0.39 is 0 Å². The van der Waals surface area contributed by atoms with Crippen LogP contribution in [0.2, 0.25) is 10.0 Å². The Kier molecular flexibility index (Phi) is 6.11. The van der Waals surface area contributed by atoms with Gasteiger partial charge in [-0.2, -0.15) is 0 Å². The van der Waals surface area contributed by atoms with Gasteiger partial charge in [-0.15, -0.1) is 0 Å². The lowest BCUT2D eigenvalue weighted by molar-refractivity contribution is -0.116. The summed E-state index contributed by atoms with van der Waals surface area (Å²) in [4.78, 5) is 12.5. The molecule has 1 N–H and O–H groups in total. The van der Waals surface area contributed by atoms with E-state index in [2.05, 4.69) is 5.32 Å². The van der Waals surface area contributed by atoms with Crippen molar-refractivity contribution in [1.29, 1.82) is 0 Å². The van der Waals surface area contributed by atoms with Crippen LogP contribution in [0.1, 0.15) is 22.7 Å². The summed E-state index contributed by atoms with van der Waals surface area (Å²) in [5.41, 5.74) is 2.65. The van der Waals surface area contributed by atoms with E-state index in [9.17, 15) is 4.79 Å². The molecule has 1 amide bonds. The minimum absolute atomic E-state index is 0.223. The average molecular weight is 382 g/mol. The SMILES string of the molecule is O=C(/C=C/c1c(Cl)cccc1Cl)NC(c1ccccc1)c1ccccc1. The summed E-state index contributed by atoms with van der Waals surface area (Å²) in [6.07, 6.45) is 3.08. The first kappa shape index (κ1) is 18.2. The second kappa shape index (κ2) is 8.70. The highest BCUT2D eigenvalue weighted by molar-refractivity contribution is 6.37. The standard InChI is InChI=1S/C22H17Cl2NO/c23-19-12-7-13-20(24)18(19)14-15-21(26)25-22(16-8-3-1-4-9-16)17-10-5-2-6-11-17/h1-15,22H,(H,25,26)/b15-14+. The molecule has 0 aliphatic carbocycles. The van der Waals surface area contributed by atoms with Gasteiger partial charge in [-0.05, 0) is 29.3 Å². The molecule has 2 nitrogen and oxygen atoms in total. The van der Waals surface area contributed by atoms with E-state index >= 15 is 0 Å². The third-order valence-electron chi connectivity index (χ3n) is 3.95. The van der Waals surface area contributed by atoms with Crippen LogP contribution in [-0.2, 0) is 4.79 Å². The number of rotatable bonds is 5. The number of hydrogen-bond donors (Lipinski definition) is 1. The molecule has 130 valence electrons. The van der Waals surface area contributed by atoms with Gasteiger partial charge in [-0.25, -0.2) is 0 Å². The van der Waals surface area contributed by atoms with Gasteiger partial charge in [0.25, 0.3) is 0 Å². The molecule has 0 saturated heterocycles. The second-order valence-electron chi connectivity index (χ2n) is 5.73. The maximum absolute atomic E-state index is 12.5. The van der Waals surface area contributed by atoms with Gasteiger partial charge in [-0.1, -0.05) is 89.9 Å². The van der Waals surface area contributed by atoms with Gasteiger partial charge in [-0.3, -0.25) is 4.79 Å². The fourth-order valence-electron chi connectivity index (χ4n) is 2.67. The predicted molar refractivity (Wildman–Crippen MR) is 108 cm³/mol. The Balaban J connectivity index is 1.83. The molecular weight excluding hydrogens is 365 g/mol. The first-order valence-electron chi connectivity index (χ1n) is 8.17. The van der Waals surface area contributed by atoms with Gasteiger partial charge in [0.15, 0.2) is 0 Å². The molecule has 0 aromatic heterocycles. The molecule has 4 heteroatoms. The van der Waals surface area contributed by atoms with Crippen molar-refractivity contribution in [3.63, 3.8) is 0 Å². The van der Waals surface area contributed by atoms with Gasteiger partial charge in [0, 0.05) is 21.7 Å². The normalized spacial score (nSPS) is 11.0. The van der Waals surface area contributed by atoms with Crippen molar-refractivity contribution in [1.82, 2.24) is 5.32 Å². The van der Waals surface area contributed by atoms with Crippen LogP contribution in [0.15, 0.2) is 84.9 Å². The molecule has 0 fully saturated rings. The molecule has 0 unspecified atom stereocenters. The number of carbonyl (C=O) groups excluding carboxylic acids is 1. The number of hydrogen-bond acceptors (Lipinski definition) is 1. The summed E-state index contributed by atoms with van der Waals surface area (Å²) in [6, 6.07) is 24.7. The minimum Gasteiger partial charge on any atom is -0.342 e. The van der Waals surface area contributed by atoms with E-state index in [1.807, 2.05) is 60.7 Å². The number of amides is 1. The smallest absolute Gasteiger partial charge is 0.244 e. The zero-order chi connectivity index (χ0) is 18.4. The topological polar surface area (TPSA) is 29.1 Å². The molecule has 0 aliphatic rings. The molecule has 0 radical (unpaired) electrons. The fourth-order valence-corrected chi connectivity index (χ4v) is 3.19. The van der Waals surface area contributed by atoms with Gasteiger partial charge >= 0.3 is 0 Å². The van der Waals surface area contributed by atoms with E-state index in [4.69, 9.17) is 23.2 Å². The van der Waals surface area contributed by atoms with Gasteiger partial charge < -0.3 is 5.32 Å². The van der Waals surface area contributed by atoms with Crippen molar-refractivity contribution in [2.75, 3.05) is 0 Å². The fraction of sp³-hybridized carbons (Fsp3) is 0.0455. The monoisotopic (exact) mass is 381 g/mol. The van der Waals surface area contributed by atoms with E-state index in [0.29, 0.717) is 15.6 Å². The highest BCUT2D eigenvalue weighted by Gasteiger charge is 2.15. The first-order valence-corrected chi connectivity index (χ1v) is 8.93.